The molecule has 1 aliphatic rings. The van der Waals surface area contributed by atoms with Gasteiger partial charge in [0.25, 0.3) is 0 Å². The normalized spacial score (nSPS) is 17.7. The maximum Gasteiger partial charge on any atom is 0.193 e. The molecular weight excluding hydrogens is 481 g/mol. The van der Waals surface area contributed by atoms with Crippen LogP contribution >= 0.6 is 39.9 Å². The van der Waals surface area contributed by atoms with Crippen LogP contribution in [0.25, 0.3) is 0 Å². The first-order valence-electron chi connectivity index (χ1n) is 7.84. The second-order valence-corrected chi connectivity index (χ2v) is 6.83. The number of nitrogens with one attached hydrogen (secondary N) is 1. The van der Waals surface area contributed by atoms with Gasteiger partial charge in [-0.1, -0.05) is 28.1 Å². The van der Waals surface area contributed by atoms with Gasteiger partial charge in [0, 0.05) is 50.3 Å². The summed E-state index contributed by atoms with van der Waals surface area (Å²) in [5.74, 6) is 1.50. The van der Waals surface area contributed by atoms with E-state index in [9.17, 15) is 0 Å². The van der Waals surface area contributed by atoms with Crippen LogP contribution < -0.4 is 5.32 Å². The molecule has 2 aromatic rings. The van der Waals surface area contributed by atoms with Gasteiger partial charge in [-0.2, -0.15) is 5.10 Å². The third-order valence-electron chi connectivity index (χ3n) is 4.24. The van der Waals surface area contributed by atoms with Crippen LogP contribution in [0.3, 0.4) is 0 Å². The third kappa shape index (κ3) is 4.72. The van der Waals surface area contributed by atoms with E-state index in [1.54, 1.807) is 0 Å². The van der Waals surface area contributed by atoms with Crippen molar-refractivity contribution in [2.24, 2.45) is 12.0 Å². The number of aliphatic imine (C=N–C) groups is 1. The summed E-state index contributed by atoms with van der Waals surface area (Å²) in [5, 5.41) is 7.75. The van der Waals surface area contributed by atoms with Crippen LogP contribution in [-0.4, -0.2) is 40.8 Å². The monoisotopic (exact) mass is 503 g/mol. The van der Waals surface area contributed by atoms with Crippen molar-refractivity contribution >= 4 is 45.9 Å². The van der Waals surface area contributed by atoms with Gasteiger partial charge in [0.15, 0.2) is 5.96 Å². The molecule has 0 spiro atoms. The van der Waals surface area contributed by atoms with Crippen LogP contribution in [-0.2, 0) is 13.6 Å². The van der Waals surface area contributed by atoms with Crippen LogP contribution in [0.5, 0.6) is 0 Å². The minimum absolute atomic E-state index is 0. The Morgan fingerprint density at radius 1 is 1.46 bits per heavy atom. The van der Waals surface area contributed by atoms with Crippen molar-refractivity contribution in [1.29, 1.82) is 0 Å². The van der Waals surface area contributed by atoms with E-state index in [4.69, 9.17) is 0 Å². The Balaban J connectivity index is 0.00000208. The number of halogens is 2. The number of hydrogen-bond acceptors (Lipinski definition) is 2. The van der Waals surface area contributed by atoms with Gasteiger partial charge in [-0.15, -0.1) is 24.0 Å². The Bertz CT molecular complexity index is 700. The fourth-order valence-electron chi connectivity index (χ4n) is 3.04. The van der Waals surface area contributed by atoms with Gasteiger partial charge < -0.3 is 10.2 Å². The number of guanidine groups is 1. The van der Waals surface area contributed by atoms with Gasteiger partial charge in [0.05, 0.1) is 6.20 Å². The molecule has 1 N–H and O–H groups in total. The number of aryl methyl sites for hydroxylation is 1. The third-order valence-corrected chi connectivity index (χ3v) is 4.73. The lowest BCUT2D eigenvalue weighted by Gasteiger charge is -2.21. The molecule has 0 saturated carbocycles. The average molecular weight is 504 g/mol. The van der Waals surface area contributed by atoms with Crippen molar-refractivity contribution < 1.29 is 0 Å². The van der Waals surface area contributed by atoms with Crippen molar-refractivity contribution in [3.05, 3.63) is 52.3 Å². The molecule has 1 unspecified atom stereocenters. The summed E-state index contributed by atoms with van der Waals surface area (Å²) in [6.45, 7) is 2.79. The largest absolute Gasteiger partial charge is 0.352 e. The molecule has 130 valence electrons. The molecule has 0 amide bonds. The second kappa shape index (κ2) is 8.84. The molecule has 1 fully saturated rings. The zero-order chi connectivity index (χ0) is 16.2. The molecule has 1 atom stereocenters. The highest BCUT2D eigenvalue weighted by atomic mass is 127. The molecule has 2 heterocycles. The van der Waals surface area contributed by atoms with Crippen molar-refractivity contribution in [3.8, 4) is 0 Å². The highest BCUT2D eigenvalue weighted by molar-refractivity contribution is 14.0. The fourth-order valence-corrected chi connectivity index (χ4v) is 3.48. The summed E-state index contributed by atoms with van der Waals surface area (Å²) in [4.78, 5) is 6.77. The van der Waals surface area contributed by atoms with Gasteiger partial charge in [0.2, 0.25) is 0 Å². The summed E-state index contributed by atoms with van der Waals surface area (Å²) >= 11 is 3.51. The molecule has 7 heteroatoms. The summed E-state index contributed by atoms with van der Waals surface area (Å²) < 4.78 is 2.97. The number of rotatable bonds is 3. The van der Waals surface area contributed by atoms with E-state index in [1.807, 2.05) is 31.0 Å². The van der Waals surface area contributed by atoms with Gasteiger partial charge >= 0.3 is 0 Å². The van der Waals surface area contributed by atoms with Crippen LogP contribution in [0.4, 0.5) is 0 Å². The Labute approximate surface area is 168 Å². The van der Waals surface area contributed by atoms with E-state index in [1.165, 1.54) is 11.1 Å². The quantitative estimate of drug-likeness (QED) is 0.397. The fraction of sp³-hybridized carbons (Fsp3) is 0.412. The molecule has 3 rings (SSSR count). The van der Waals surface area contributed by atoms with Crippen LogP contribution in [0, 0.1) is 0 Å². The molecule has 5 nitrogen and oxygen atoms in total. The van der Waals surface area contributed by atoms with Gasteiger partial charge in [-0.05, 0) is 29.7 Å². The predicted octanol–water partition coefficient (Wildman–Crippen LogP) is 3.37. The van der Waals surface area contributed by atoms with E-state index in [2.05, 4.69) is 60.6 Å². The summed E-state index contributed by atoms with van der Waals surface area (Å²) in [6, 6.07) is 8.34. The van der Waals surface area contributed by atoms with Crippen molar-refractivity contribution in [1.82, 2.24) is 20.0 Å². The van der Waals surface area contributed by atoms with Gasteiger partial charge in [-0.3, -0.25) is 9.67 Å². The molecule has 0 bridgehead atoms. The van der Waals surface area contributed by atoms with E-state index < -0.39 is 0 Å². The molecule has 1 aromatic carbocycles. The zero-order valence-electron chi connectivity index (χ0n) is 13.9. The number of likely N-dealkylation sites (tertiary alicyclic amines) is 1. The second-order valence-electron chi connectivity index (χ2n) is 5.91. The number of aromatic nitrogens is 2. The lowest BCUT2D eigenvalue weighted by molar-refractivity contribution is 0.486. The molecule has 0 radical (unpaired) electrons. The first-order chi connectivity index (χ1) is 11.2. The molecule has 0 aliphatic carbocycles. The maximum absolute atomic E-state index is 4.44. The van der Waals surface area contributed by atoms with Gasteiger partial charge in [0.1, 0.15) is 0 Å². The molecule has 1 aliphatic heterocycles. The van der Waals surface area contributed by atoms with Crippen molar-refractivity contribution in [3.63, 3.8) is 0 Å². The smallest absolute Gasteiger partial charge is 0.193 e. The first-order valence-corrected chi connectivity index (χ1v) is 8.63. The lowest BCUT2D eigenvalue weighted by atomic mass is 10.0. The molecule has 24 heavy (non-hydrogen) atoms. The van der Waals surface area contributed by atoms with Crippen LogP contribution in [0.2, 0.25) is 0 Å². The summed E-state index contributed by atoms with van der Waals surface area (Å²) in [6.07, 6.45) is 5.24. The Kier molecular flexibility index (Phi) is 7.09. The lowest BCUT2D eigenvalue weighted by Crippen LogP contribution is -2.39. The van der Waals surface area contributed by atoms with E-state index in [-0.39, 0.29) is 24.0 Å². The molecule has 1 saturated heterocycles. The van der Waals surface area contributed by atoms with E-state index in [0.29, 0.717) is 5.92 Å². The highest BCUT2D eigenvalue weighted by Crippen LogP contribution is 2.26. The number of hydrogen-bond donors (Lipinski definition) is 1. The Morgan fingerprint density at radius 2 is 2.29 bits per heavy atom. The minimum Gasteiger partial charge on any atom is -0.352 e. The van der Waals surface area contributed by atoms with Crippen LogP contribution in [0.15, 0.2) is 46.1 Å². The molecular formula is C17H23BrIN5. The Morgan fingerprint density at radius 3 is 2.96 bits per heavy atom. The SMILES string of the molecule is CN=C(NCc1cccc(Br)c1)N1CCC(c2cnn(C)c2)C1.I. The average Bonchev–Trinajstić information content (AvgIpc) is 3.17. The van der Waals surface area contributed by atoms with Crippen molar-refractivity contribution in [2.45, 2.75) is 18.9 Å². The topological polar surface area (TPSA) is 45.5 Å². The van der Waals surface area contributed by atoms with Crippen LogP contribution in [0.1, 0.15) is 23.5 Å². The predicted molar refractivity (Wildman–Crippen MR) is 112 cm³/mol. The highest BCUT2D eigenvalue weighted by Gasteiger charge is 2.26. The molecule has 1 aromatic heterocycles. The Hall–Kier alpha value is -1.09. The summed E-state index contributed by atoms with van der Waals surface area (Å²) in [7, 11) is 3.81. The van der Waals surface area contributed by atoms with E-state index >= 15 is 0 Å². The first kappa shape index (κ1) is 19.2. The number of benzene rings is 1. The summed E-state index contributed by atoms with van der Waals surface area (Å²) in [5.41, 5.74) is 2.56. The van der Waals surface area contributed by atoms with Gasteiger partial charge in [-0.25, -0.2) is 0 Å². The van der Waals surface area contributed by atoms with E-state index in [0.717, 1.165) is 36.5 Å². The number of nitrogens with zero attached hydrogens (tertiary/aromatic N) is 4. The maximum atomic E-state index is 4.44. The standard InChI is InChI=1S/C17H22BrN5.HI/c1-19-17(20-9-13-4-3-5-16(18)8-13)23-7-6-14(12-23)15-10-21-22(2)11-15;/h3-5,8,10-11,14H,6-7,9,12H2,1-2H3,(H,19,20);1H. The minimum atomic E-state index is 0. The zero-order valence-corrected chi connectivity index (χ0v) is 17.9. The van der Waals surface area contributed by atoms with Crippen molar-refractivity contribution in [2.75, 3.05) is 20.1 Å².